The van der Waals surface area contributed by atoms with E-state index in [-0.39, 0.29) is 0 Å². The lowest BCUT2D eigenvalue weighted by Crippen LogP contribution is -2.06. The largest absolute Gasteiger partial charge is 0.378 e. The summed E-state index contributed by atoms with van der Waals surface area (Å²) in [5.41, 5.74) is 5.19. The standard InChI is InChI=1S/C15H16N4/c1-10-5-4-6-17-15(10)9-18-14-7-11(2)19-12(3)13(14)8-16/h4-7H,9H2,1-3H3,(H,18,19). The van der Waals surface area contributed by atoms with E-state index in [1.54, 1.807) is 6.20 Å². The highest BCUT2D eigenvalue weighted by atomic mass is 14.9. The first-order chi connectivity index (χ1) is 9.11. The third-order valence-electron chi connectivity index (χ3n) is 3.00. The number of hydrogen-bond acceptors (Lipinski definition) is 4. The maximum Gasteiger partial charge on any atom is 0.103 e. The van der Waals surface area contributed by atoms with E-state index in [0.29, 0.717) is 12.1 Å². The van der Waals surface area contributed by atoms with E-state index in [4.69, 9.17) is 0 Å². The number of hydrogen-bond donors (Lipinski definition) is 1. The number of pyridine rings is 2. The molecule has 4 nitrogen and oxygen atoms in total. The van der Waals surface area contributed by atoms with Crippen LogP contribution in [0.25, 0.3) is 0 Å². The molecule has 0 bridgehead atoms. The summed E-state index contributed by atoms with van der Waals surface area (Å²) in [6.45, 7) is 6.40. The van der Waals surface area contributed by atoms with Gasteiger partial charge in [-0.1, -0.05) is 6.07 Å². The molecule has 0 aliphatic carbocycles. The normalized spacial score (nSPS) is 10.0. The highest BCUT2D eigenvalue weighted by Crippen LogP contribution is 2.19. The molecule has 0 radical (unpaired) electrons. The molecule has 0 aromatic carbocycles. The molecule has 0 aliphatic rings. The molecule has 0 fully saturated rings. The highest BCUT2D eigenvalue weighted by Gasteiger charge is 2.08. The molecule has 2 rings (SSSR count). The summed E-state index contributed by atoms with van der Waals surface area (Å²) >= 11 is 0. The second kappa shape index (κ2) is 5.49. The van der Waals surface area contributed by atoms with Gasteiger partial charge >= 0.3 is 0 Å². The van der Waals surface area contributed by atoms with E-state index in [1.807, 2.05) is 39.0 Å². The monoisotopic (exact) mass is 252 g/mol. The lowest BCUT2D eigenvalue weighted by atomic mass is 10.1. The predicted molar refractivity (Wildman–Crippen MR) is 74.7 cm³/mol. The summed E-state index contributed by atoms with van der Waals surface area (Å²) in [6, 6.07) is 8.03. The van der Waals surface area contributed by atoms with Gasteiger partial charge in [-0.3, -0.25) is 9.97 Å². The second-order valence-electron chi connectivity index (χ2n) is 4.50. The predicted octanol–water partition coefficient (Wildman–Crippen LogP) is 2.89. The van der Waals surface area contributed by atoms with E-state index in [2.05, 4.69) is 21.4 Å². The van der Waals surface area contributed by atoms with Crippen LogP contribution < -0.4 is 5.32 Å². The Morgan fingerprint density at radius 1 is 1.32 bits per heavy atom. The number of aryl methyl sites for hydroxylation is 3. The fraction of sp³-hybridized carbons (Fsp3) is 0.267. The Hall–Kier alpha value is -2.41. The summed E-state index contributed by atoms with van der Waals surface area (Å²) in [4.78, 5) is 8.63. The van der Waals surface area contributed by atoms with Crippen LogP contribution in [-0.4, -0.2) is 9.97 Å². The minimum atomic E-state index is 0.596. The first-order valence-corrected chi connectivity index (χ1v) is 6.14. The average Bonchev–Trinajstić information content (AvgIpc) is 2.37. The maximum absolute atomic E-state index is 9.20. The van der Waals surface area contributed by atoms with Gasteiger partial charge < -0.3 is 5.32 Å². The molecule has 0 amide bonds. The van der Waals surface area contributed by atoms with Crippen LogP contribution in [0.2, 0.25) is 0 Å². The quantitative estimate of drug-likeness (QED) is 0.912. The summed E-state index contributed by atoms with van der Waals surface area (Å²) in [7, 11) is 0. The minimum absolute atomic E-state index is 0.596. The van der Waals surface area contributed by atoms with E-state index < -0.39 is 0 Å². The molecule has 4 heteroatoms. The number of aromatic nitrogens is 2. The average molecular weight is 252 g/mol. The number of nitrogens with one attached hydrogen (secondary N) is 1. The molecule has 0 saturated heterocycles. The Morgan fingerprint density at radius 3 is 2.79 bits per heavy atom. The molecule has 19 heavy (non-hydrogen) atoms. The maximum atomic E-state index is 9.20. The number of anilines is 1. The third-order valence-corrected chi connectivity index (χ3v) is 3.00. The van der Waals surface area contributed by atoms with Crippen molar-refractivity contribution in [3.8, 4) is 6.07 Å². The van der Waals surface area contributed by atoms with E-state index in [0.717, 1.165) is 28.3 Å². The van der Waals surface area contributed by atoms with E-state index >= 15 is 0 Å². The van der Waals surface area contributed by atoms with Crippen molar-refractivity contribution in [1.82, 2.24) is 9.97 Å². The van der Waals surface area contributed by atoms with E-state index in [9.17, 15) is 5.26 Å². The molecule has 0 atom stereocenters. The summed E-state index contributed by atoms with van der Waals surface area (Å²) in [5, 5.41) is 12.5. The van der Waals surface area contributed by atoms with Gasteiger partial charge in [0, 0.05) is 11.9 Å². The Bertz CT molecular complexity index is 641. The Labute approximate surface area is 113 Å². The Morgan fingerprint density at radius 2 is 2.11 bits per heavy atom. The zero-order chi connectivity index (χ0) is 13.8. The minimum Gasteiger partial charge on any atom is -0.378 e. The van der Waals surface area contributed by atoms with Crippen LogP contribution in [0.3, 0.4) is 0 Å². The SMILES string of the molecule is Cc1cc(NCc2ncccc2C)c(C#N)c(C)n1. The van der Waals surface area contributed by atoms with Crippen molar-refractivity contribution in [2.24, 2.45) is 0 Å². The molecule has 2 heterocycles. The fourth-order valence-electron chi connectivity index (χ4n) is 1.99. The van der Waals surface area contributed by atoms with Crippen molar-refractivity contribution in [3.05, 3.63) is 52.6 Å². The van der Waals surface area contributed by atoms with Crippen LogP contribution in [0.1, 0.15) is 28.2 Å². The van der Waals surface area contributed by atoms with Crippen molar-refractivity contribution in [2.45, 2.75) is 27.3 Å². The second-order valence-corrected chi connectivity index (χ2v) is 4.50. The fourth-order valence-corrected chi connectivity index (χ4v) is 1.99. The zero-order valence-corrected chi connectivity index (χ0v) is 11.4. The van der Waals surface area contributed by atoms with Gasteiger partial charge in [0.15, 0.2) is 0 Å². The number of nitriles is 1. The van der Waals surface area contributed by atoms with Gasteiger partial charge in [-0.2, -0.15) is 5.26 Å². The summed E-state index contributed by atoms with van der Waals surface area (Å²) in [6.07, 6.45) is 1.78. The van der Waals surface area contributed by atoms with Crippen LogP contribution in [-0.2, 0) is 6.54 Å². The van der Waals surface area contributed by atoms with Crippen LogP contribution in [0, 0.1) is 32.1 Å². The summed E-state index contributed by atoms with van der Waals surface area (Å²) in [5.74, 6) is 0. The van der Waals surface area contributed by atoms with Gasteiger partial charge in [-0.05, 0) is 38.5 Å². The van der Waals surface area contributed by atoms with Crippen molar-refractivity contribution in [2.75, 3.05) is 5.32 Å². The highest BCUT2D eigenvalue weighted by molar-refractivity contribution is 5.59. The van der Waals surface area contributed by atoms with Gasteiger partial charge in [-0.15, -0.1) is 0 Å². The molecule has 0 saturated carbocycles. The molecule has 2 aromatic rings. The van der Waals surface area contributed by atoms with Gasteiger partial charge in [0.1, 0.15) is 6.07 Å². The van der Waals surface area contributed by atoms with Crippen LogP contribution >= 0.6 is 0 Å². The van der Waals surface area contributed by atoms with Crippen molar-refractivity contribution < 1.29 is 0 Å². The van der Waals surface area contributed by atoms with Crippen LogP contribution in [0.5, 0.6) is 0 Å². The van der Waals surface area contributed by atoms with Gasteiger partial charge in [0.2, 0.25) is 0 Å². The molecular formula is C15H16N4. The lowest BCUT2D eigenvalue weighted by molar-refractivity contribution is 1.01. The Balaban J connectivity index is 2.25. The zero-order valence-electron chi connectivity index (χ0n) is 11.4. The topological polar surface area (TPSA) is 61.6 Å². The molecule has 2 aromatic heterocycles. The molecule has 1 N–H and O–H groups in total. The Kier molecular flexibility index (Phi) is 3.76. The van der Waals surface area contributed by atoms with Crippen molar-refractivity contribution in [3.63, 3.8) is 0 Å². The molecule has 0 aliphatic heterocycles. The number of nitrogens with zero attached hydrogens (tertiary/aromatic N) is 3. The van der Waals surface area contributed by atoms with Crippen LogP contribution in [0.4, 0.5) is 5.69 Å². The van der Waals surface area contributed by atoms with Crippen LogP contribution in [0.15, 0.2) is 24.4 Å². The molecular weight excluding hydrogens is 236 g/mol. The number of rotatable bonds is 3. The van der Waals surface area contributed by atoms with Gasteiger partial charge in [0.05, 0.1) is 29.2 Å². The first kappa shape index (κ1) is 13.0. The van der Waals surface area contributed by atoms with Crippen molar-refractivity contribution in [1.29, 1.82) is 5.26 Å². The lowest BCUT2D eigenvalue weighted by Gasteiger charge is -2.11. The van der Waals surface area contributed by atoms with Gasteiger partial charge in [0.25, 0.3) is 0 Å². The third kappa shape index (κ3) is 2.89. The molecule has 96 valence electrons. The molecule has 0 unspecified atom stereocenters. The molecule has 0 spiro atoms. The first-order valence-electron chi connectivity index (χ1n) is 6.14. The summed E-state index contributed by atoms with van der Waals surface area (Å²) < 4.78 is 0. The van der Waals surface area contributed by atoms with Crippen molar-refractivity contribution >= 4 is 5.69 Å². The van der Waals surface area contributed by atoms with E-state index in [1.165, 1.54) is 0 Å². The smallest absolute Gasteiger partial charge is 0.103 e. The van der Waals surface area contributed by atoms with Gasteiger partial charge in [-0.25, -0.2) is 0 Å².